The van der Waals surface area contributed by atoms with E-state index in [4.69, 9.17) is 4.74 Å². The smallest absolute Gasteiger partial charge is 0.303 e. The zero-order valence-electron chi connectivity index (χ0n) is 14.2. The molecule has 2 aromatic rings. The standard InChI is InChI=1S/C21H25NO2/c1-17(23)24-21(12-14-22-15-13-21)16-20(18-8-4-2-5-9-18)19-10-6-3-7-11-19/h2-11,20,22H,12-16H2,1H3. The largest absolute Gasteiger partial charge is 0.459 e. The molecule has 1 aliphatic heterocycles. The van der Waals surface area contributed by atoms with Crippen LogP contribution in [0.2, 0.25) is 0 Å². The van der Waals surface area contributed by atoms with Crippen LogP contribution in [0.15, 0.2) is 60.7 Å². The van der Waals surface area contributed by atoms with Crippen LogP contribution in [-0.2, 0) is 9.53 Å². The normalized spacial score (nSPS) is 16.8. The van der Waals surface area contributed by atoms with Gasteiger partial charge in [0.05, 0.1) is 0 Å². The summed E-state index contributed by atoms with van der Waals surface area (Å²) < 4.78 is 5.87. The first-order chi connectivity index (χ1) is 11.7. The molecule has 3 rings (SSSR count). The number of carbonyl (C=O) groups is 1. The van der Waals surface area contributed by atoms with Crippen molar-refractivity contribution in [1.82, 2.24) is 5.32 Å². The van der Waals surface area contributed by atoms with Gasteiger partial charge in [0.15, 0.2) is 0 Å². The lowest BCUT2D eigenvalue weighted by Crippen LogP contribution is -2.46. The van der Waals surface area contributed by atoms with Gasteiger partial charge in [-0.15, -0.1) is 0 Å². The minimum Gasteiger partial charge on any atom is -0.459 e. The van der Waals surface area contributed by atoms with Crippen molar-refractivity contribution >= 4 is 5.97 Å². The summed E-state index contributed by atoms with van der Waals surface area (Å²) in [6, 6.07) is 21.0. The maximum atomic E-state index is 11.7. The number of ether oxygens (including phenoxy) is 1. The lowest BCUT2D eigenvalue weighted by atomic mass is 9.77. The first-order valence-corrected chi connectivity index (χ1v) is 8.69. The van der Waals surface area contributed by atoms with Gasteiger partial charge in [-0.1, -0.05) is 60.7 Å². The number of benzene rings is 2. The Hall–Kier alpha value is -2.13. The van der Waals surface area contributed by atoms with Gasteiger partial charge in [-0.3, -0.25) is 4.79 Å². The van der Waals surface area contributed by atoms with Crippen LogP contribution in [0.5, 0.6) is 0 Å². The Morgan fingerprint density at radius 2 is 1.50 bits per heavy atom. The molecule has 0 aromatic heterocycles. The van der Waals surface area contributed by atoms with Crippen molar-refractivity contribution in [3.8, 4) is 0 Å². The number of esters is 1. The van der Waals surface area contributed by atoms with E-state index in [9.17, 15) is 4.79 Å². The lowest BCUT2D eigenvalue weighted by molar-refractivity contribution is -0.161. The minimum absolute atomic E-state index is 0.184. The first kappa shape index (κ1) is 16.7. The molecule has 1 fully saturated rings. The van der Waals surface area contributed by atoms with Crippen LogP contribution in [0, 0.1) is 0 Å². The van der Waals surface area contributed by atoms with E-state index in [-0.39, 0.29) is 17.5 Å². The van der Waals surface area contributed by atoms with Crippen molar-refractivity contribution in [2.45, 2.75) is 37.7 Å². The summed E-state index contributed by atoms with van der Waals surface area (Å²) in [5, 5.41) is 3.37. The van der Waals surface area contributed by atoms with Gasteiger partial charge >= 0.3 is 5.97 Å². The highest BCUT2D eigenvalue weighted by molar-refractivity contribution is 5.66. The van der Waals surface area contributed by atoms with Gasteiger partial charge in [0.25, 0.3) is 0 Å². The minimum atomic E-state index is -0.382. The quantitative estimate of drug-likeness (QED) is 0.848. The third-order valence-electron chi connectivity index (χ3n) is 4.86. The highest BCUT2D eigenvalue weighted by Gasteiger charge is 2.38. The second kappa shape index (κ2) is 7.63. The zero-order valence-corrected chi connectivity index (χ0v) is 14.2. The number of piperidine rings is 1. The Morgan fingerprint density at radius 1 is 1.00 bits per heavy atom. The van der Waals surface area contributed by atoms with Crippen LogP contribution in [0.4, 0.5) is 0 Å². The van der Waals surface area contributed by atoms with Crippen LogP contribution in [-0.4, -0.2) is 24.7 Å². The third kappa shape index (κ3) is 4.04. The second-order valence-electron chi connectivity index (χ2n) is 6.60. The van der Waals surface area contributed by atoms with Gasteiger partial charge in [0.2, 0.25) is 0 Å². The van der Waals surface area contributed by atoms with Crippen molar-refractivity contribution < 1.29 is 9.53 Å². The van der Waals surface area contributed by atoms with E-state index < -0.39 is 0 Å². The molecule has 0 atom stereocenters. The molecule has 2 aromatic carbocycles. The van der Waals surface area contributed by atoms with E-state index in [1.54, 1.807) is 0 Å². The van der Waals surface area contributed by atoms with Crippen molar-refractivity contribution in [3.05, 3.63) is 71.8 Å². The van der Waals surface area contributed by atoms with Crippen LogP contribution >= 0.6 is 0 Å². The summed E-state index contributed by atoms with van der Waals surface area (Å²) in [6.07, 6.45) is 2.55. The molecule has 1 aliphatic rings. The number of carbonyl (C=O) groups excluding carboxylic acids is 1. The van der Waals surface area contributed by atoms with Crippen LogP contribution in [0.3, 0.4) is 0 Å². The first-order valence-electron chi connectivity index (χ1n) is 8.69. The summed E-state index contributed by atoms with van der Waals surface area (Å²) in [7, 11) is 0. The molecule has 0 saturated carbocycles. The Bertz CT molecular complexity index is 609. The van der Waals surface area contributed by atoms with Crippen molar-refractivity contribution in [2.75, 3.05) is 13.1 Å². The molecule has 0 bridgehead atoms. The molecule has 126 valence electrons. The van der Waals surface area contributed by atoms with E-state index >= 15 is 0 Å². The number of hydrogen-bond donors (Lipinski definition) is 1. The molecule has 0 unspecified atom stereocenters. The Morgan fingerprint density at radius 3 is 1.96 bits per heavy atom. The molecule has 3 heteroatoms. The van der Waals surface area contributed by atoms with Crippen molar-refractivity contribution in [2.24, 2.45) is 0 Å². The lowest BCUT2D eigenvalue weighted by Gasteiger charge is -2.39. The van der Waals surface area contributed by atoms with Crippen LogP contribution in [0.25, 0.3) is 0 Å². The monoisotopic (exact) mass is 323 g/mol. The summed E-state index contributed by atoms with van der Waals surface area (Å²) in [5.74, 6) is 0.0432. The molecule has 0 aliphatic carbocycles. The fraction of sp³-hybridized carbons (Fsp3) is 0.381. The molecule has 24 heavy (non-hydrogen) atoms. The molecule has 1 saturated heterocycles. The fourth-order valence-electron chi connectivity index (χ4n) is 3.71. The highest BCUT2D eigenvalue weighted by atomic mass is 16.6. The van der Waals surface area contributed by atoms with Crippen molar-refractivity contribution in [1.29, 1.82) is 0 Å². The molecule has 0 amide bonds. The van der Waals surface area contributed by atoms with E-state index in [1.165, 1.54) is 18.1 Å². The summed E-state index contributed by atoms with van der Waals surface area (Å²) >= 11 is 0. The third-order valence-corrected chi connectivity index (χ3v) is 4.86. The molecule has 1 heterocycles. The van der Waals surface area contributed by atoms with Crippen LogP contribution < -0.4 is 5.32 Å². The predicted molar refractivity (Wildman–Crippen MR) is 95.9 cm³/mol. The van der Waals surface area contributed by atoms with E-state index in [0.717, 1.165) is 32.4 Å². The Kier molecular flexibility index (Phi) is 5.31. The Labute approximate surface area is 144 Å². The van der Waals surface area contributed by atoms with Gasteiger partial charge < -0.3 is 10.1 Å². The predicted octanol–water partition coefficient (Wildman–Crippen LogP) is 3.89. The maximum Gasteiger partial charge on any atom is 0.303 e. The van der Waals surface area contributed by atoms with Gasteiger partial charge in [0.1, 0.15) is 5.60 Å². The van der Waals surface area contributed by atoms with Gasteiger partial charge in [-0.25, -0.2) is 0 Å². The average molecular weight is 323 g/mol. The molecular formula is C21H25NO2. The van der Waals surface area contributed by atoms with Gasteiger partial charge in [0, 0.05) is 12.8 Å². The average Bonchev–Trinajstić information content (AvgIpc) is 2.61. The van der Waals surface area contributed by atoms with Crippen LogP contribution in [0.1, 0.15) is 43.2 Å². The van der Waals surface area contributed by atoms with Gasteiger partial charge in [-0.05, 0) is 43.5 Å². The fourth-order valence-corrected chi connectivity index (χ4v) is 3.71. The van der Waals surface area contributed by atoms with Crippen molar-refractivity contribution in [3.63, 3.8) is 0 Å². The molecule has 3 nitrogen and oxygen atoms in total. The van der Waals surface area contributed by atoms with E-state index in [2.05, 4.69) is 53.8 Å². The number of hydrogen-bond acceptors (Lipinski definition) is 3. The highest BCUT2D eigenvalue weighted by Crippen LogP contribution is 2.38. The zero-order chi connectivity index (χ0) is 16.8. The topological polar surface area (TPSA) is 38.3 Å². The summed E-state index contributed by atoms with van der Waals surface area (Å²) in [6.45, 7) is 3.30. The second-order valence-corrected chi connectivity index (χ2v) is 6.60. The molecule has 0 spiro atoms. The molecule has 1 N–H and O–H groups in total. The van der Waals surface area contributed by atoms with Gasteiger partial charge in [-0.2, -0.15) is 0 Å². The summed E-state index contributed by atoms with van der Waals surface area (Å²) in [4.78, 5) is 11.7. The SMILES string of the molecule is CC(=O)OC1(CC(c2ccccc2)c2ccccc2)CCNCC1. The Balaban J connectivity index is 1.94. The molecular weight excluding hydrogens is 298 g/mol. The number of nitrogens with one attached hydrogen (secondary N) is 1. The maximum absolute atomic E-state index is 11.7. The number of rotatable bonds is 5. The molecule has 0 radical (unpaired) electrons. The van der Waals surface area contributed by atoms with E-state index in [0.29, 0.717) is 0 Å². The van der Waals surface area contributed by atoms with E-state index in [1.807, 2.05) is 12.1 Å². The summed E-state index contributed by atoms with van der Waals surface area (Å²) in [5.41, 5.74) is 2.16.